The Morgan fingerprint density at radius 2 is 2.00 bits per heavy atom. The van der Waals surface area contributed by atoms with Gasteiger partial charge in [-0.1, -0.05) is 0 Å². The lowest BCUT2D eigenvalue weighted by atomic mass is 10.1. The first-order valence-corrected chi connectivity index (χ1v) is 7.44. The summed E-state index contributed by atoms with van der Waals surface area (Å²) in [7, 11) is 0. The van der Waals surface area contributed by atoms with Crippen molar-refractivity contribution >= 4 is 17.7 Å². The van der Waals surface area contributed by atoms with Crippen LogP contribution in [0, 0.1) is 12.8 Å². The molecule has 2 heterocycles. The van der Waals surface area contributed by atoms with Crippen LogP contribution in [0.2, 0.25) is 0 Å². The number of anilines is 1. The van der Waals surface area contributed by atoms with E-state index < -0.39 is 11.9 Å². The summed E-state index contributed by atoms with van der Waals surface area (Å²) in [5.41, 5.74) is 2.51. The van der Waals surface area contributed by atoms with Gasteiger partial charge in [0.15, 0.2) is 0 Å². The second-order valence-electron chi connectivity index (χ2n) is 5.65. The van der Waals surface area contributed by atoms with Gasteiger partial charge >= 0.3 is 12.0 Å². The molecule has 0 spiro atoms. The van der Waals surface area contributed by atoms with E-state index in [1.54, 1.807) is 16.8 Å². The summed E-state index contributed by atoms with van der Waals surface area (Å²) in [6.07, 6.45) is 2.37. The monoisotopic (exact) mass is 314 g/mol. The van der Waals surface area contributed by atoms with Crippen LogP contribution in [0.4, 0.5) is 10.5 Å². The second kappa shape index (κ2) is 6.12. The summed E-state index contributed by atoms with van der Waals surface area (Å²) in [6.45, 7) is 2.64. The molecule has 23 heavy (non-hydrogen) atoms. The van der Waals surface area contributed by atoms with E-state index in [9.17, 15) is 9.59 Å². The molecule has 2 N–H and O–H groups in total. The number of carbonyl (C=O) groups excluding carboxylic acids is 1. The summed E-state index contributed by atoms with van der Waals surface area (Å²) in [5, 5.41) is 16.1. The maximum absolute atomic E-state index is 12.1. The van der Waals surface area contributed by atoms with Gasteiger partial charge in [-0.25, -0.2) is 9.48 Å². The van der Waals surface area contributed by atoms with Crippen molar-refractivity contribution in [1.29, 1.82) is 0 Å². The van der Waals surface area contributed by atoms with Crippen molar-refractivity contribution in [1.82, 2.24) is 14.7 Å². The highest BCUT2D eigenvalue weighted by atomic mass is 16.4. The van der Waals surface area contributed by atoms with Crippen LogP contribution in [0.15, 0.2) is 36.5 Å². The quantitative estimate of drug-likeness (QED) is 0.908. The van der Waals surface area contributed by atoms with E-state index in [1.807, 2.05) is 31.3 Å². The largest absolute Gasteiger partial charge is 0.481 e. The van der Waals surface area contributed by atoms with Crippen LogP contribution >= 0.6 is 0 Å². The van der Waals surface area contributed by atoms with Crippen LogP contribution in [0.25, 0.3) is 5.69 Å². The number of nitrogens with one attached hydrogen (secondary N) is 1. The Balaban J connectivity index is 1.62. The number of hydrogen-bond acceptors (Lipinski definition) is 3. The fraction of sp³-hybridized carbons (Fsp3) is 0.312. The van der Waals surface area contributed by atoms with Gasteiger partial charge in [-0.15, -0.1) is 0 Å². The SMILES string of the molecule is Cc1ccn(-c2ccc(NC(=O)N3CCC(C(=O)O)C3)cc2)n1. The lowest BCUT2D eigenvalue weighted by Crippen LogP contribution is -2.33. The molecule has 120 valence electrons. The second-order valence-corrected chi connectivity index (χ2v) is 5.65. The maximum Gasteiger partial charge on any atom is 0.321 e. The highest BCUT2D eigenvalue weighted by Crippen LogP contribution is 2.18. The minimum atomic E-state index is -0.848. The Bertz CT molecular complexity index is 723. The molecule has 7 nitrogen and oxygen atoms in total. The van der Waals surface area contributed by atoms with E-state index in [2.05, 4.69) is 10.4 Å². The normalized spacial score (nSPS) is 17.3. The molecule has 1 fully saturated rings. The Hall–Kier alpha value is -2.83. The summed E-state index contributed by atoms with van der Waals surface area (Å²) in [4.78, 5) is 24.6. The number of urea groups is 1. The molecule has 2 aromatic rings. The number of benzene rings is 1. The van der Waals surface area contributed by atoms with Crippen molar-refractivity contribution in [3.05, 3.63) is 42.2 Å². The molecule has 1 aromatic heterocycles. The number of aliphatic carboxylic acids is 1. The van der Waals surface area contributed by atoms with Gasteiger partial charge in [0.2, 0.25) is 0 Å². The highest BCUT2D eigenvalue weighted by molar-refractivity contribution is 5.90. The van der Waals surface area contributed by atoms with Crippen molar-refractivity contribution in [2.45, 2.75) is 13.3 Å². The lowest BCUT2D eigenvalue weighted by Gasteiger charge is -2.16. The fourth-order valence-electron chi connectivity index (χ4n) is 2.61. The number of amides is 2. The smallest absolute Gasteiger partial charge is 0.321 e. The zero-order valence-electron chi connectivity index (χ0n) is 12.8. The number of aryl methyl sites for hydroxylation is 1. The maximum atomic E-state index is 12.1. The predicted molar refractivity (Wildman–Crippen MR) is 84.6 cm³/mol. The Morgan fingerprint density at radius 1 is 1.26 bits per heavy atom. The third-order valence-corrected chi connectivity index (χ3v) is 3.93. The molecule has 2 amide bonds. The Kier molecular flexibility index (Phi) is 4.01. The lowest BCUT2D eigenvalue weighted by molar-refractivity contribution is -0.141. The van der Waals surface area contributed by atoms with Crippen LogP contribution < -0.4 is 5.32 Å². The summed E-state index contributed by atoms with van der Waals surface area (Å²) < 4.78 is 1.76. The van der Waals surface area contributed by atoms with Crippen LogP contribution in [0.3, 0.4) is 0 Å². The van der Waals surface area contributed by atoms with Crippen molar-refractivity contribution in [3.63, 3.8) is 0 Å². The number of aromatic nitrogens is 2. The third-order valence-electron chi connectivity index (χ3n) is 3.93. The van der Waals surface area contributed by atoms with E-state index in [0.29, 0.717) is 18.7 Å². The third kappa shape index (κ3) is 3.33. The molecule has 1 aromatic carbocycles. The number of carboxylic acids is 1. The predicted octanol–water partition coefficient (Wildman–Crippen LogP) is 2.12. The minimum absolute atomic E-state index is 0.256. The van der Waals surface area contributed by atoms with E-state index in [4.69, 9.17) is 5.11 Å². The molecule has 3 rings (SSSR count). The molecular weight excluding hydrogens is 296 g/mol. The summed E-state index contributed by atoms with van der Waals surface area (Å²) in [5.74, 6) is -1.31. The summed E-state index contributed by atoms with van der Waals surface area (Å²) in [6, 6.07) is 8.99. The highest BCUT2D eigenvalue weighted by Gasteiger charge is 2.30. The van der Waals surface area contributed by atoms with Gasteiger partial charge in [0.1, 0.15) is 0 Å². The molecule has 1 aliphatic rings. The van der Waals surface area contributed by atoms with Gasteiger partial charge in [-0.05, 0) is 43.7 Å². The van der Waals surface area contributed by atoms with E-state index in [1.165, 1.54) is 4.90 Å². The molecule has 1 aliphatic heterocycles. The van der Waals surface area contributed by atoms with Crippen LogP contribution in [-0.2, 0) is 4.79 Å². The molecule has 0 saturated carbocycles. The molecule has 0 bridgehead atoms. The molecule has 1 unspecified atom stereocenters. The van der Waals surface area contributed by atoms with Gasteiger partial charge in [-0.3, -0.25) is 4.79 Å². The Morgan fingerprint density at radius 3 is 2.57 bits per heavy atom. The first-order chi connectivity index (χ1) is 11.0. The van der Waals surface area contributed by atoms with Gasteiger partial charge in [-0.2, -0.15) is 5.10 Å². The molecule has 0 aliphatic carbocycles. The molecular formula is C16H18N4O3. The van der Waals surface area contributed by atoms with Gasteiger partial charge in [0.05, 0.1) is 17.3 Å². The zero-order valence-corrected chi connectivity index (χ0v) is 12.8. The van der Waals surface area contributed by atoms with Crippen LogP contribution in [-0.4, -0.2) is 44.9 Å². The fourth-order valence-corrected chi connectivity index (χ4v) is 2.61. The average molecular weight is 314 g/mol. The number of rotatable bonds is 3. The van der Waals surface area contributed by atoms with Crippen LogP contribution in [0.5, 0.6) is 0 Å². The van der Waals surface area contributed by atoms with Crippen molar-refractivity contribution < 1.29 is 14.7 Å². The number of nitrogens with zero attached hydrogens (tertiary/aromatic N) is 3. The number of hydrogen-bond donors (Lipinski definition) is 2. The van der Waals surface area contributed by atoms with Gasteiger partial charge < -0.3 is 15.3 Å². The molecule has 1 atom stereocenters. The van der Waals surface area contributed by atoms with Crippen LogP contribution in [0.1, 0.15) is 12.1 Å². The summed E-state index contributed by atoms with van der Waals surface area (Å²) >= 11 is 0. The topological polar surface area (TPSA) is 87.5 Å². The zero-order chi connectivity index (χ0) is 16.4. The van der Waals surface area contributed by atoms with Crippen molar-refractivity contribution in [2.75, 3.05) is 18.4 Å². The molecule has 7 heteroatoms. The van der Waals surface area contributed by atoms with Crippen molar-refractivity contribution in [2.24, 2.45) is 5.92 Å². The van der Waals surface area contributed by atoms with E-state index in [-0.39, 0.29) is 12.6 Å². The molecule has 0 radical (unpaired) electrons. The Labute approximate surface area is 133 Å². The first kappa shape index (κ1) is 15.1. The standard InChI is InChI=1S/C16H18N4O3/c1-11-6-9-20(18-11)14-4-2-13(3-5-14)17-16(23)19-8-7-12(10-19)15(21)22/h2-6,9,12H,7-8,10H2,1H3,(H,17,23)(H,21,22). The first-order valence-electron chi connectivity index (χ1n) is 7.44. The van der Waals surface area contributed by atoms with Gasteiger partial charge in [0.25, 0.3) is 0 Å². The van der Waals surface area contributed by atoms with E-state index in [0.717, 1.165) is 11.4 Å². The van der Waals surface area contributed by atoms with Gasteiger partial charge in [0, 0.05) is 25.0 Å². The minimum Gasteiger partial charge on any atom is -0.481 e. The van der Waals surface area contributed by atoms with E-state index >= 15 is 0 Å². The van der Waals surface area contributed by atoms with Crippen molar-refractivity contribution in [3.8, 4) is 5.69 Å². The number of likely N-dealkylation sites (tertiary alicyclic amines) is 1. The average Bonchev–Trinajstić information content (AvgIpc) is 3.17. The number of carbonyl (C=O) groups is 2. The number of carboxylic acid groups (broad SMARTS) is 1. The molecule has 1 saturated heterocycles.